The van der Waals surface area contributed by atoms with Gasteiger partial charge in [-0.2, -0.15) is 0 Å². The van der Waals surface area contributed by atoms with Crippen LogP contribution in [0.2, 0.25) is 0 Å². The van der Waals surface area contributed by atoms with E-state index in [1.807, 2.05) is 6.07 Å². The molecule has 2 rings (SSSR count). The molecule has 10 nitrogen and oxygen atoms in total. The summed E-state index contributed by atoms with van der Waals surface area (Å²) in [6.07, 6.45) is 6.25. The number of primary amides is 1. The number of urea groups is 1. The number of unbranched alkanes of at least 4 members (excludes halogenated alkanes) is 4. The third-order valence-electron chi connectivity index (χ3n) is 5.96. The van der Waals surface area contributed by atoms with Crippen LogP contribution in [-0.2, 0) is 27.4 Å². The van der Waals surface area contributed by atoms with E-state index >= 15 is 0 Å². The summed E-state index contributed by atoms with van der Waals surface area (Å²) in [7, 11) is 0. The number of aliphatic hydroxyl groups excluding tert-OH is 2. The van der Waals surface area contributed by atoms with Crippen molar-refractivity contribution < 1.29 is 34.5 Å². The van der Waals surface area contributed by atoms with Crippen LogP contribution in [0.4, 0.5) is 10.5 Å². The zero-order valence-corrected chi connectivity index (χ0v) is 22.1. The standard InChI is InChI=1S/C28H41N3O7/c1-21(33)38-31(28(29)36)25-11-7-9-22(17-25)10-8-16-37-15-6-4-2-3-5-14-30-19-27(35)23-12-13-26(34)24(18-23)20-32/h7,9,11-13,17-18,27,30,32,34-35H,2-6,8,10,14-16,19-20H2,1H3,(H2,29,36)/t27-/m1/s1. The normalized spacial score (nSPS) is 11.8. The molecule has 0 unspecified atom stereocenters. The summed E-state index contributed by atoms with van der Waals surface area (Å²) >= 11 is 0. The van der Waals surface area contributed by atoms with Crippen molar-refractivity contribution in [3.8, 4) is 5.75 Å². The summed E-state index contributed by atoms with van der Waals surface area (Å²) < 4.78 is 5.74. The third-order valence-corrected chi connectivity index (χ3v) is 5.96. The highest BCUT2D eigenvalue weighted by molar-refractivity contribution is 5.90. The summed E-state index contributed by atoms with van der Waals surface area (Å²) in [6.45, 7) is 3.54. The van der Waals surface area contributed by atoms with Crippen molar-refractivity contribution in [3.05, 3.63) is 59.2 Å². The van der Waals surface area contributed by atoms with Crippen molar-refractivity contribution in [2.24, 2.45) is 5.73 Å². The van der Waals surface area contributed by atoms with E-state index in [1.54, 1.807) is 30.3 Å². The Morgan fingerprint density at radius 2 is 1.76 bits per heavy atom. The fourth-order valence-corrected chi connectivity index (χ4v) is 3.95. The number of hydroxylamine groups is 1. The van der Waals surface area contributed by atoms with Gasteiger partial charge in [-0.3, -0.25) is 0 Å². The number of nitrogens with one attached hydrogen (secondary N) is 1. The Labute approximate surface area is 224 Å². The number of hydrogen-bond donors (Lipinski definition) is 5. The lowest BCUT2D eigenvalue weighted by molar-refractivity contribution is -0.141. The third kappa shape index (κ3) is 11.5. The highest BCUT2D eigenvalue weighted by Gasteiger charge is 2.16. The maximum atomic E-state index is 11.5. The Balaban J connectivity index is 1.48. The van der Waals surface area contributed by atoms with Gasteiger partial charge in [-0.25, -0.2) is 9.59 Å². The number of aryl methyl sites for hydroxylation is 1. The first-order valence-electron chi connectivity index (χ1n) is 13.1. The largest absolute Gasteiger partial charge is 0.508 e. The molecule has 2 aromatic rings. The average Bonchev–Trinajstić information content (AvgIpc) is 2.90. The first-order valence-corrected chi connectivity index (χ1v) is 13.1. The van der Waals surface area contributed by atoms with Crippen molar-refractivity contribution >= 4 is 17.7 Å². The Hall–Kier alpha value is -3.18. The lowest BCUT2D eigenvalue weighted by atomic mass is 10.1. The Kier molecular flexibility index (Phi) is 14.2. The molecule has 210 valence electrons. The number of aromatic hydroxyl groups is 1. The Bertz CT molecular complexity index is 1000. The van der Waals surface area contributed by atoms with Crippen molar-refractivity contribution in [1.29, 1.82) is 0 Å². The van der Waals surface area contributed by atoms with Crippen LogP contribution in [0.15, 0.2) is 42.5 Å². The molecule has 1 atom stereocenters. The van der Waals surface area contributed by atoms with Gasteiger partial charge >= 0.3 is 12.0 Å². The predicted molar refractivity (Wildman–Crippen MR) is 144 cm³/mol. The van der Waals surface area contributed by atoms with E-state index in [4.69, 9.17) is 15.3 Å². The highest BCUT2D eigenvalue weighted by atomic mass is 16.7. The number of benzene rings is 2. The summed E-state index contributed by atoms with van der Waals surface area (Å²) in [5, 5.41) is 33.1. The van der Waals surface area contributed by atoms with Crippen molar-refractivity contribution in [2.45, 2.75) is 64.6 Å². The second-order valence-corrected chi connectivity index (χ2v) is 9.14. The number of carbonyl (C=O) groups is 2. The molecular weight excluding hydrogens is 490 g/mol. The van der Waals surface area contributed by atoms with Crippen molar-refractivity contribution in [3.63, 3.8) is 0 Å². The fourth-order valence-electron chi connectivity index (χ4n) is 3.95. The molecule has 38 heavy (non-hydrogen) atoms. The smallest absolute Gasteiger partial charge is 0.352 e. The van der Waals surface area contributed by atoms with E-state index in [1.165, 1.54) is 13.0 Å². The lowest BCUT2D eigenvalue weighted by Crippen LogP contribution is -2.37. The van der Waals surface area contributed by atoms with Crippen LogP contribution in [0.5, 0.6) is 5.75 Å². The van der Waals surface area contributed by atoms with Gasteiger partial charge in [-0.15, -0.1) is 5.06 Å². The first kappa shape index (κ1) is 31.0. The van der Waals surface area contributed by atoms with Crippen LogP contribution in [0.25, 0.3) is 0 Å². The molecule has 10 heteroatoms. The van der Waals surface area contributed by atoms with E-state index in [0.29, 0.717) is 30.0 Å². The number of amides is 2. The maximum absolute atomic E-state index is 11.5. The second-order valence-electron chi connectivity index (χ2n) is 9.14. The van der Waals surface area contributed by atoms with Crippen molar-refractivity contribution in [2.75, 3.05) is 31.4 Å². The Morgan fingerprint density at radius 3 is 2.50 bits per heavy atom. The molecule has 6 N–H and O–H groups in total. The molecule has 0 radical (unpaired) electrons. The molecule has 0 aliphatic carbocycles. The number of anilines is 1. The lowest BCUT2D eigenvalue weighted by Gasteiger charge is -2.18. The molecule has 0 saturated heterocycles. The minimum absolute atomic E-state index is 0.0288. The number of nitrogens with zero attached hydrogens (tertiary/aromatic N) is 1. The summed E-state index contributed by atoms with van der Waals surface area (Å²) in [6, 6.07) is 11.0. The van der Waals surface area contributed by atoms with Gasteiger partial charge in [-0.05, 0) is 67.6 Å². The zero-order valence-electron chi connectivity index (χ0n) is 22.1. The molecule has 0 aromatic heterocycles. The number of ether oxygens (including phenoxy) is 1. The molecule has 0 bridgehead atoms. The van der Waals surface area contributed by atoms with E-state index in [9.17, 15) is 24.9 Å². The van der Waals surface area contributed by atoms with E-state index in [2.05, 4.69) is 5.32 Å². The maximum Gasteiger partial charge on any atom is 0.352 e. The first-order chi connectivity index (χ1) is 18.3. The summed E-state index contributed by atoms with van der Waals surface area (Å²) in [5.41, 5.74) is 7.77. The molecule has 2 aromatic carbocycles. The average molecular weight is 532 g/mol. The fraction of sp³-hybridized carbons (Fsp3) is 0.500. The molecule has 0 saturated carbocycles. The summed E-state index contributed by atoms with van der Waals surface area (Å²) in [5.74, 6) is -0.597. The van der Waals surface area contributed by atoms with E-state index < -0.39 is 18.1 Å². The van der Waals surface area contributed by atoms with Gasteiger partial charge in [0, 0.05) is 32.2 Å². The molecule has 0 spiro atoms. The van der Waals surface area contributed by atoms with Crippen LogP contribution in [0.3, 0.4) is 0 Å². The minimum atomic E-state index is -0.862. The second kappa shape index (κ2) is 17.4. The van der Waals surface area contributed by atoms with Gasteiger partial charge in [0.25, 0.3) is 0 Å². The highest BCUT2D eigenvalue weighted by Crippen LogP contribution is 2.22. The molecule has 2 amide bonds. The number of carbonyl (C=O) groups excluding carboxylic acids is 2. The number of hydrogen-bond acceptors (Lipinski definition) is 8. The summed E-state index contributed by atoms with van der Waals surface area (Å²) in [4.78, 5) is 27.6. The van der Waals surface area contributed by atoms with Gasteiger partial charge in [0.15, 0.2) is 0 Å². The van der Waals surface area contributed by atoms with Gasteiger partial charge in [0.2, 0.25) is 0 Å². The number of rotatable bonds is 17. The van der Waals surface area contributed by atoms with E-state index in [-0.39, 0.29) is 12.4 Å². The Morgan fingerprint density at radius 1 is 1.03 bits per heavy atom. The molecule has 0 aliphatic heterocycles. The van der Waals surface area contributed by atoms with Gasteiger partial charge in [0.05, 0.1) is 18.4 Å². The van der Waals surface area contributed by atoms with Gasteiger partial charge in [0.1, 0.15) is 5.75 Å². The predicted octanol–water partition coefficient (Wildman–Crippen LogP) is 3.47. The SMILES string of the molecule is CC(=O)ON(C(N)=O)c1cccc(CCCOCCCCCCCNC[C@@H](O)c2ccc(O)c(CO)c2)c1. The topological polar surface area (TPSA) is 155 Å². The number of aliphatic hydroxyl groups is 2. The quantitative estimate of drug-likeness (QED) is 0.154. The van der Waals surface area contributed by atoms with Crippen LogP contribution < -0.4 is 16.1 Å². The molecular formula is C28H41N3O7. The molecule has 0 fully saturated rings. The van der Waals surface area contributed by atoms with Gasteiger partial charge in [-0.1, -0.05) is 37.5 Å². The van der Waals surface area contributed by atoms with Crippen LogP contribution in [0, 0.1) is 0 Å². The number of phenols is 1. The van der Waals surface area contributed by atoms with Gasteiger partial charge < -0.3 is 35.9 Å². The van der Waals surface area contributed by atoms with Crippen LogP contribution >= 0.6 is 0 Å². The monoisotopic (exact) mass is 531 g/mol. The minimum Gasteiger partial charge on any atom is -0.508 e. The zero-order chi connectivity index (χ0) is 27.8. The van der Waals surface area contributed by atoms with Crippen LogP contribution in [-0.4, -0.2) is 53.6 Å². The number of nitrogens with two attached hydrogens (primary N) is 1. The van der Waals surface area contributed by atoms with E-state index in [0.717, 1.165) is 68.7 Å². The molecule has 0 aliphatic rings. The van der Waals surface area contributed by atoms with Crippen molar-refractivity contribution in [1.82, 2.24) is 5.32 Å². The molecule has 0 heterocycles. The van der Waals surface area contributed by atoms with Crippen LogP contribution in [0.1, 0.15) is 68.2 Å².